The van der Waals surface area contributed by atoms with Crippen molar-refractivity contribution < 1.29 is 9.84 Å². The molecule has 1 heterocycles. The van der Waals surface area contributed by atoms with E-state index in [-0.39, 0.29) is 30.7 Å². The van der Waals surface area contributed by atoms with Crippen LogP contribution in [0, 0.1) is 0 Å². The quantitative estimate of drug-likeness (QED) is 0.612. The molecule has 0 aliphatic carbocycles. The van der Waals surface area contributed by atoms with E-state index < -0.39 is 0 Å². The third-order valence-corrected chi connectivity index (χ3v) is 1.88. The Kier molecular flexibility index (Phi) is 5.01. The molecule has 1 rings (SSSR count). The Morgan fingerprint density at radius 3 is 2.55 bits per heavy atom. The van der Waals surface area contributed by atoms with Crippen LogP contribution in [-0.2, 0) is 4.74 Å². The highest BCUT2D eigenvalue weighted by Crippen LogP contribution is 2.14. The fraction of sp³-hybridized carbons (Fsp3) is 1.00. The van der Waals surface area contributed by atoms with E-state index in [1.165, 1.54) is 0 Å². The third kappa shape index (κ3) is 3.38. The summed E-state index contributed by atoms with van der Waals surface area (Å²) in [5, 5.41) is 9.10. The van der Waals surface area contributed by atoms with Gasteiger partial charge >= 0.3 is 0 Å². The van der Waals surface area contributed by atoms with Gasteiger partial charge < -0.3 is 15.6 Å². The van der Waals surface area contributed by atoms with Crippen LogP contribution >= 0.6 is 12.4 Å². The Morgan fingerprint density at radius 1 is 1.55 bits per heavy atom. The molecule has 0 bridgehead atoms. The number of nitrogens with two attached hydrogens (primary N) is 1. The van der Waals surface area contributed by atoms with Crippen molar-refractivity contribution in [1.82, 2.24) is 0 Å². The molecule has 11 heavy (non-hydrogen) atoms. The van der Waals surface area contributed by atoms with Crippen molar-refractivity contribution in [2.24, 2.45) is 5.73 Å². The van der Waals surface area contributed by atoms with Gasteiger partial charge in [-0.05, 0) is 19.8 Å². The lowest BCUT2D eigenvalue weighted by Crippen LogP contribution is -2.39. The van der Waals surface area contributed by atoms with Crippen LogP contribution in [0.2, 0.25) is 0 Å². The first-order chi connectivity index (χ1) is 4.70. The third-order valence-electron chi connectivity index (χ3n) is 1.88. The van der Waals surface area contributed by atoms with Crippen LogP contribution in [0.5, 0.6) is 0 Å². The average molecular weight is 182 g/mol. The Bertz CT molecular complexity index is 103. The summed E-state index contributed by atoms with van der Waals surface area (Å²) >= 11 is 0. The lowest BCUT2D eigenvalue weighted by molar-refractivity contribution is -0.0608. The molecule has 3 N–H and O–H groups in total. The molecule has 1 aliphatic rings. The maximum Gasteiger partial charge on any atom is 0.0832 e. The summed E-state index contributed by atoms with van der Waals surface area (Å²) in [4.78, 5) is 0. The second-order valence-electron chi connectivity index (χ2n) is 2.95. The summed E-state index contributed by atoms with van der Waals surface area (Å²) in [6.07, 6.45) is 1.52. The fourth-order valence-electron chi connectivity index (χ4n) is 1.17. The lowest BCUT2D eigenvalue weighted by atomic mass is 10.0. The maximum atomic E-state index is 9.10. The van der Waals surface area contributed by atoms with E-state index in [1.54, 1.807) is 6.92 Å². The molecule has 0 unspecified atom stereocenters. The zero-order chi connectivity index (χ0) is 7.56. The average Bonchev–Trinajstić information content (AvgIpc) is 1.88. The second-order valence-corrected chi connectivity index (χ2v) is 2.95. The van der Waals surface area contributed by atoms with Crippen molar-refractivity contribution in [3.63, 3.8) is 0 Å². The van der Waals surface area contributed by atoms with E-state index >= 15 is 0 Å². The van der Waals surface area contributed by atoms with Gasteiger partial charge in [-0.25, -0.2) is 0 Å². The Balaban J connectivity index is 0.000001000. The van der Waals surface area contributed by atoms with Crippen molar-refractivity contribution in [3.05, 3.63) is 0 Å². The standard InChI is InChI=1S/C7H15NO2.ClH/c1-5(9)7-3-2-6(8)4-10-7;/h5-7,9H,2-4,8H2,1H3;1H/t5-,6-,7+;/m1./s1. The largest absolute Gasteiger partial charge is 0.391 e. The molecule has 3 atom stereocenters. The van der Waals surface area contributed by atoms with Gasteiger partial charge in [-0.15, -0.1) is 12.4 Å². The van der Waals surface area contributed by atoms with Gasteiger partial charge in [-0.3, -0.25) is 0 Å². The summed E-state index contributed by atoms with van der Waals surface area (Å²) < 4.78 is 5.28. The van der Waals surface area contributed by atoms with Crippen LogP contribution in [0.4, 0.5) is 0 Å². The lowest BCUT2D eigenvalue weighted by Gasteiger charge is -2.28. The number of hydrogen-bond donors (Lipinski definition) is 2. The second kappa shape index (κ2) is 4.93. The summed E-state index contributed by atoms with van der Waals surface area (Å²) in [6, 6.07) is 0.176. The van der Waals surface area contributed by atoms with Gasteiger partial charge in [-0.1, -0.05) is 0 Å². The minimum absolute atomic E-state index is 0. The highest BCUT2D eigenvalue weighted by molar-refractivity contribution is 5.85. The van der Waals surface area contributed by atoms with Crippen LogP contribution in [0.3, 0.4) is 0 Å². The highest BCUT2D eigenvalue weighted by Gasteiger charge is 2.22. The Morgan fingerprint density at radius 2 is 2.18 bits per heavy atom. The molecule has 0 aromatic rings. The van der Waals surface area contributed by atoms with E-state index in [2.05, 4.69) is 0 Å². The molecule has 0 spiro atoms. The van der Waals surface area contributed by atoms with Crippen LogP contribution in [0.1, 0.15) is 19.8 Å². The van der Waals surface area contributed by atoms with Crippen molar-refractivity contribution in [2.75, 3.05) is 6.61 Å². The number of aliphatic hydroxyl groups is 1. The Hall–Kier alpha value is 0.170. The van der Waals surface area contributed by atoms with Crippen molar-refractivity contribution in [3.8, 4) is 0 Å². The van der Waals surface area contributed by atoms with E-state index in [4.69, 9.17) is 15.6 Å². The predicted molar refractivity (Wildman–Crippen MR) is 45.9 cm³/mol. The molecular weight excluding hydrogens is 166 g/mol. The van der Waals surface area contributed by atoms with Crippen LogP contribution in [-0.4, -0.2) is 30.0 Å². The van der Waals surface area contributed by atoms with Crippen LogP contribution in [0.15, 0.2) is 0 Å². The van der Waals surface area contributed by atoms with Gasteiger partial charge in [0.2, 0.25) is 0 Å². The topological polar surface area (TPSA) is 55.5 Å². The first-order valence-corrected chi connectivity index (χ1v) is 3.75. The zero-order valence-electron chi connectivity index (χ0n) is 6.69. The molecular formula is C7H16ClNO2. The van der Waals surface area contributed by atoms with E-state index in [1.807, 2.05) is 0 Å². The minimum atomic E-state index is -0.354. The van der Waals surface area contributed by atoms with E-state index in [9.17, 15) is 0 Å². The van der Waals surface area contributed by atoms with Gasteiger partial charge in [0.25, 0.3) is 0 Å². The summed E-state index contributed by atoms with van der Waals surface area (Å²) in [5.41, 5.74) is 5.59. The smallest absolute Gasteiger partial charge is 0.0832 e. The molecule has 3 nitrogen and oxygen atoms in total. The van der Waals surface area contributed by atoms with Gasteiger partial charge in [-0.2, -0.15) is 0 Å². The Labute approximate surface area is 73.3 Å². The van der Waals surface area contributed by atoms with Crippen molar-refractivity contribution >= 4 is 12.4 Å². The normalized spacial score (nSPS) is 34.1. The molecule has 0 saturated carbocycles. The van der Waals surface area contributed by atoms with Gasteiger partial charge in [0.1, 0.15) is 0 Å². The van der Waals surface area contributed by atoms with E-state index in [0.29, 0.717) is 6.61 Å². The van der Waals surface area contributed by atoms with Crippen LogP contribution < -0.4 is 5.73 Å². The molecule has 4 heteroatoms. The zero-order valence-corrected chi connectivity index (χ0v) is 7.51. The van der Waals surface area contributed by atoms with Crippen LogP contribution in [0.25, 0.3) is 0 Å². The maximum absolute atomic E-state index is 9.10. The fourth-order valence-corrected chi connectivity index (χ4v) is 1.17. The molecule has 68 valence electrons. The number of halogens is 1. The van der Waals surface area contributed by atoms with Crippen molar-refractivity contribution in [1.29, 1.82) is 0 Å². The summed E-state index contributed by atoms with van der Waals surface area (Å²) in [7, 11) is 0. The summed E-state index contributed by atoms with van der Waals surface area (Å²) in [5.74, 6) is 0. The number of rotatable bonds is 1. The minimum Gasteiger partial charge on any atom is -0.391 e. The molecule has 0 amide bonds. The molecule has 1 aliphatic heterocycles. The van der Waals surface area contributed by atoms with E-state index in [0.717, 1.165) is 12.8 Å². The number of ether oxygens (including phenoxy) is 1. The first kappa shape index (κ1) is 11.2. The molecule has 0 radical (unpaired) electrons. The SMILES string of the molecule is C[C@@H](O)[C@@H]1CC[C@@H](N)CO1.Cl. The van der Waals surface area contributed by atoms with Gasteiger partial charge in [0, 0.05) is 6.04 Å². The van der Waals surface area contributed by atoms with Gasteiger partial charge in [0.15, 0.2) is 0 Å². The highest BCUT2D eigenvalue weighted by atomic mass is 35.5. The molecule has 0 aromatic carbocycles. The molecule has 1 saturated heterocycles. The number of hydrogen-bond acceptors (Lipinski definition) is 3. The predicted octanol–water partition coefficient (Wildman–Crippen LogP) is 0.295. The molecule has 0 aromatic heterocycles. The monoisotopic (exact) mass is 181 g/mol. The first-order valence-electron chi connectivity index (χ1n) is 3.75. The number of aliphatic hydroxyl groups excluding tert-OH is 1. The summed E-state index contributed by atoms with van der Waals surface area (Å²) in [6.45, 7) is 2.34. The van der Waals surface area contributed by atoms with Crippen molar-refractivity contribution in [2.45, 2.75) is 38.0 Å². The van der Waals surface area contributed by atoms with Gasteiger partial charge in [0.05, 0.1) is 18.8 Å². The molecule has 1 fully saturated rings.